The molecule has 0 radical (unpaired) electrons. The summed E-state index contributed by atoms with van der Waals surface area (Å²) < 4.78 is 90.9. The smallest absolute Gasteiger partial charge is 0.404 e. The fraction of sp³-hybridized carbons (Fsp3) is 0.143. The Morgan fingerprint density at radius 2 is 1.62 bits per heavy atom. The molecule has 0 fully saturated rings. The van der Waals surface area contributed by atoms with Crippen molar-refractivity contribution >= 4 is 25.7 Å². The first kappa shape index (κ1) is 20.0. The summed E-state index contributed by atoms with van der Waals surface area (Å²) in [5.41, 5.74) is 0.0812. The Balaban J connectivity index is 2.45. The molecule has 3 N–H and O–H groups in total. The maximum atomic E-state index is 12.4. The number of halogens is 3. The lowest BCUT2D eigenvalue weighted by Gasteiger charge is -2.15. The van der Waals surface area contributed by atoms with Crippen LogP contribution in [0.15, 0.2) is 52.3 Å². The van der Waals surface area contributed by atoms with E-state index in [9.17, 15) is 30.0 Å². The Morgan fingerprint density at radius 3 is 2.19 bits per heavy atom. The fourth-order valence-corrected chi connectivity index (χ4v) is 4.05. The third-order valence-corrected chi connectivity index (χ3v) is 5.58. The molecule has 2 aromatic rings. The second-order valence-electron chi connectivity index (χ2n) is 5.13. The molecule has 0 aromatic heterocycles. The van der Waals surface area contributed by atoms with E-state index in [1.54, 1.807) is 0 Å². The summed E-state index contributed by atoms with van der Waals surface area (Å²) in [6.45, 7) is 1.45. The van der Waals surface area contributed by atoms with Crippen molar-refractivity contribution in [2.75, 3.05) is 4.72 Å². The van der Waals surface area contributed by atoms with E-state index in [0.717, 1.165) is 18.2 Å². The van der Waals surface area contributed by atoms with Crippen LogP contribution < -0.4 is 14.6 Å². The van der Waals surface area contributed by atoms with Gasteiger partial charge in [0.05, 0.1) is 10.6 Å². The number of benzene rings is 2. The van der Waals surface area contributed by atoms with Gasteiger partial charge in [-0.05, 0) is 36.8 Å². The largest absolute Gasteiger partial charge is 0.573 e. The summed E-state index contributed by atoms with van der Waals surface area (Å²) in [7, 11) is -8.62. The second kappa shape index (κ2) is 6.78. The lowest BCUT2D eigenvalue weighted by atomic mass is 10.2. The molecule has 0 aliphatic carbocycles. The first-order valence-electron chi connectivity index (χ1n) is 6.81. The number of aryl methyl sites for hydroxylation is 1. The van der Waals surface area contributed by atoms with Crippen LogP contribution in [-0.4, -0.2) is 23.2 Å². The number of nitrogens with two attached hydrogens (primary N) is 1. The summed E-state index contributed by atoms with van der Waals surface area (Å²) >= 11 is 0. The first-order valence-corrected chi connectivity index (χ1v) is 9.83. The summed E-state index contributed by atoms with van der Waals surface area (Å²) in [5.74, 6) is -0.925. The predicted octanol–water partition coefficient (Wildman–Crippen LogP) is 2.34. The van der Waals surface area contributed by atoms with Crippen LogP contribution >= 0.6 is 0 Å². The normalized spacial score (nSPS) is 12.7. The van der Waals surface area contributed by atoms with Crippen molar-refractivity contribution in [3.8, 4) is 5.75 Å². The van der Waals surface area contributed by atoms with E-state index in [0.29, 0.717) is 0 Å². The lowest BCUT2D eigenvalue weighted by molar-refractivity contribution is -0.275. The van der Waals surface area contributed by atoms with Crippen LogP contribution in [0.25, 0.3) is 0 Å². The summed E-state index contributed by atoms with van der Waals surface area (Å²) in [4.78, 5) is -1.09. The van der Waals surface area contributed by atoms with Crippen molar-refractivity contribution in [1.29, 1.82) is 0 Å². The third kappa shape index (κ3) is 4.86. The minimum atomic E-state index is -5.09. The summed E-state index contributed by atoms with van der Waals surface area (Å²) in [6, 6.07) is 7.65. The number of alkyl halides is 3. The van der Waals surface area contributed by atoms with Gasteiger partial charge in [0.1, 0.15) is 10.6 Å². The molecule has 7 nitrogen and oxygen atoms in total. The molecule has 0 saturated heterocycles. The van der Waals surface area contributed by atoms with Crippen molar-refractivity contribution in [3.63, 3.8) is 0 Å². The minimum absolute atomic E-state index is 0.193. The zero-order valence-corrected chi connectivity index (χ0v) is 14.7. The van der Waals surface area contributed by atoms with Crippen molar-refractivity contribution < 1.29 is 34.7 Å². The van der Waals surface area contributed by atoms with Crippen LogP contribution in [0.3, 0.4) is 0 Å². The predicted molar refractivity (Wildman–Crippen MR) is 86.5 cm³/mol. The molecule has 12 heteroatoms. The number of rotatable bonds is 5. The number of para-hydroxylation sites is 1. The van der Waals surface area contributed by atoms with Gasteiger partial charge in [-0.3, -0.25) is 4.72 Å². The quantitative estimate of drug-likeness (QED) is 0.785. The van der Waals surface area contributed by atoms with E-state index in [2.05, 4.69) is 4.74 Å². The highest BCUT2D eigenvalue weighted by Crippen LogP contribution is 2.31. The molecule has 0 amide bonds. The first-order chi connectivity index (χ1) is 11.8. The van der Waals surface area contributed by atoms with E-state index >= 15 is 0 Å². The molecule has 2 aromatic carbocycles. The molecule has 0 unspecified atom stereocenters. The summed E-state index contributed by atoms with van der Waals surface area (Å²) in [6.07, 6.45) is -5.09. The van der Waals surface area contributed by atoms with Gasteiger partial charge >= 0.3 is 6.36 Å². The van der Waals surface area contributed by atoms with Crippen LogP contribution in [0, 0.1) is 6.92 Å². The van der Waals surface area contributed by atoms with Gasteiger partial charge < -0.3 is 4.74 Å². The zero-order chi connectivity index (χ0) is 19.8. The van der Waals surface area contributed by atoms with Crippen LogP contribution in [0.5, 0.6) is 5.75 Å². The highest BCUT2D eigenvalue weighted by Gasteiger charge is 2.34. The van der Waals surface area contributed by atoms with Gasteiger partial charge in [0.25, 0.3) is 10.0 Å². The second-order valence-corrected chi connectivity index (χ2v) is 8.31. The van der Waals surface area contributed by atoms with Gasteiger partial charge in [0, 0.05) is 0 Å². The molecule has 0 bridgehead atoms. The molecule has 0 atom stereocenters. The molecule has 26 heavy (non-hydrogen) atoms. The van der Waals surface area contributed by atoms with E-state index < -0.39 is 37.1 Å². The standard InChI is InChI=1S/C14H13F3N2O5S2/c1-9-6-7-10(8-13(9)25(18,20)21)19-26(22,23)12-5-3-2-4-11(12)24-14(15,16)17/h2-8,19H,1H3,(H2,18,20,21). The molecular formula is C14H13F3N2O5S2. The van der Waals surface area contributed by atoms with Crippen LogP contribution in [0.4, 0.5) is 18.9 Å². The van der Waals surface area contributed by atoms with Crippen molar-refractivity contribution in [2.45, 2.75) is 23.1 Å². The molecule has 2 rings (SSSR count). The maximum Gasteiger partial charge on any atom is 0.573 e. The highest BCUT2D eigenvalue weighted by molar-refractivity contribution is 7.92. The fourth-order valence-electron chi connectivity index (χ4n) is 2.06. The molecule has 142 valence electrons. The van der Waals surface area contributed by atoms with Crippen LogP contribution in [-0.2, 0) is 20.0 Å². The Labute approximate surface area is 147 Å². The average molecular weight is 410 g/mol. The van der Waals surface area contributed by atoms with Crippen molar-refractivity contribution in [2.24, 2.45) is 5.14 Å². The molecule has 0 heterocycles. The van der Waals surface area contributed by atoms with E-state index in [4.69, 9.17) is 5.14 Å². The number of nitrogens with one attached hydrogen (secondary N) is 1. The molecular weight excluding hydrogens is 397 g/mol. The Hall–Kier alpha value is -2.31. The Morgan fingerprint density at radius 1 is 1.00 bits per heavy atom. The van der Waals surface area contributed by atoms with Gasteiger partial charge in [-0.15, -0.1) is 13.2 Å². The topological polar surface area (TPSA) is 116 Å². The number of primary sulfonamides is 1. The van der Waals surface area contributed by atoms with Crippen LogP contribution in [0.1, 0.15) is 5.56 Å². The molecule has 0 spiro atoms. The highest BCUT2D eigenvalue weighted by atomic mass is 32.2. The van der Waals surface area contributed by atoms with Gasteiger partial charge in [0.2, 0.25) is 10.0 Å². The SMILES string of the molecule is Cc1ccc(NS(=O)(=O)c2ccccc2OC(F)(F)F)cc1S(N)(=O)=O. The molecule has 0 aliphatic rings. The monoisotopic (exact) mass is 410 g/mol. The van der Waals surface area contributed by atoms with Gasteiger partial charge in [0.15, 0.2) is 0 Å². The van der Waals surface area contributed by atoms with E-state index in [1.807, 2.05) is 4.72 Å². The summed E-state index contributed by atoms with van der Waals surface area (Å²) in [5, 5.41) is 5.04. The number of anilines is 1. The number of sulfonamides is 2. The number of hydrogen-bond donors (Lipinski definition) is 2. The maximum absolute atomic E-state index is 12.4. The minimum Gasteiger partial charge on any atom is -0.404 e. The Bertz CT molecular complexity index is 1030. The number of ether oxygens (including phenoxy) is 1. The van der Waals surface area contributed by atoms with Crippen LogP contribution in [0.2, 0.25) is 0 Å². The third-order valence-electron chi connectivity index (χ3n) is 3.11. The van der Waals surface area contributed by atoms with Gasteiger partial charge in [-0.1, -0.05) is 18.2 Å². The van der Waals surface area contributed by atoms with E-state index in [-0.39, 0.29) is 16.1 Å². The molecule has 0 aliphatic heterocycles. The number of hydrogen-bond acceptors (Lipinski definition) is 5. The lowest BCUT2D eigenvalue weighted by Crippen LogP contribution is -2.21. The van der Waals surface area contributed by atoms with Gasteiger partial charge in [-0.2, -0.15) is 0 Å². The average Bonchev–Trinajstić information content (AvgIpc) is 2.46. The van der Waals surface area contributed by atoms with Crippen molar-refractivity contribution in [1.82, 2.24) is 0 Å². The van der Waals surface area contributed by atoms with Gasteiger partial charge in [-0.25, -0.2) is 22.0 Å². The molecule has 0 saturated carbocycles. The van der Waals surface area contributed by atoms with Crippen molar-refractivity contribution in [3.05, 3.63) is 48.0 Å². The van der Waals surface area contributed by atoms with E-state index in [1.165, 1.54) is 31.2 Å². The zero-order valence-electron chi connectivity index (χ0n) is 13.1. The Kier molecular flexibility index (Phi) is 5.21.